The Morgan fingerprint density at radius 2 is 2.41 bits per heavy atom. The smallest absolute Gasteiger partial charge is 0.228 e. The number of carbonyl (C=O) groups excluding carboxylic acids is 1. The van der Waals surface area contributed by atoms with Gasteiger partial charge in [0.05, 0.1) is 23.9 Å². The van der Waals surface area contributed by atoms with E-state index < -0.39 is 5.60 Å². The number of rotatable bonds is 2. The van der Waals surface area contributed by atoms with Crippen molar-refractivity contribution in [2.45, 2.75) is 25.4 Å². The summed E-state index contributed by atoms with van der Waals surface area (Å²) >= 11 is 0. The van der Waals surface area contributed by atoms with Crippen LogP contribution in [0.3, 0.4) is 0 Å². The van der Waals surface area contributed by atoms with Crippen LogP contribution in [0.4, 0.5) is 5.69 Å². The molecule has 0 aromatic carbocycles. The lowest BCUT2D eigenvalue weighted by molar-refractivity contribution is -0.130. The molecule has 1 amide bonds. The predicted molar refractivity (Wildman–Crippen MR) is 64.2 cm³/mol. The van der Waals surface area contributed by atoms with E-state index in [0.29, 0.717) is 30.9 Å². The van der Waals surface area contributed by atoms with Crippen LogP contribution in [0, 0.1) is 0 Å². The van der Waals surface area contributed by atoms with Crippen LogP contribution in [0.25, 0.3) is 0 Å². The van der Waals surface area contributed by atoms with Crippen molar-refractivity contribution in [3.8, 4) is 0 Å². The van der Waals surface area contributed by atoms with Gasteiger partial charge >= 0.3 is 0 Å². The normalized spacial score (nSPS) is 24.0. The van der Waals surface area contributed by atoms with Crippen molar-refractivity contribution < 1.29 is 9.90 Å². The Hall–Kier alpha value is -1.62. The maximum absolute atomic E-state index is 11.9. The summed E-state index contributed by atoms with van der Waals surface area (Å²) in [5, 5.41) is 9.79. The molecule has 1 fully saturated rings. The van der Waals surface area contributed by atoms with Gasteiger partial charge in [-0.2, -0.15) is 0 Å². The monoisotopic (exact) mass is 235 g/mol. The van der Waals surface area contributed by atoms with E-state index in [-0.39, 0.29) is 12.3 Å². The molecule has 1 unspecified atom stereocenters. The van der Waals surface area contributed by atoms with Gasteiger partial charge in [0.1, 0.15) is 0 Å². The minimum Gasteiger partial charge on any atom is -0.397 e. The highest BCUT2D eigenvalue weighted by Gasteiger charge is 2.33. The molecule has 5 nitrogen and oxygen atoms in total. The Morgan fingerprint density at radius 3 is 2.94 bits per heavy atom. The third kappa shape index (κ3) is 2.94. The molecule has 1 aromatic heterocycles. The van der Waals surface area contributed by atoms with Gasteiger partial charge in [-0.3, -0.25) is 9.78 Å². The highest BCUT2D eigenvalue weighted by molar-refractivity contribution is 5.78. The van der Waals surface area contributed by atoms with Gasteiger partial charge in [-0.25, -0.2) is 0 Å². The molecule has 2 rings (SSSR count). The van der Waals surface area contributed by atoms with E-state index in [9.17, 15) is 9.90 Å². The maximum atomic E-state index is 11.9. The Morgan fingerprint density at radius 1 is 1.65 bits per heavy atom. The van der Waals surface area contributed by atoms with Crippen molar-refractivity contribution in [3.05, 3.63) is 24.0 Å². The van der Waals surface area contributed by atoms with Gasteiger partial charge in [0.15, 0.2) is 0 Å². The number of aromatic nitrogens is 1. The molecule has 2 heterocycles. The van der Waals surface area contributed by atoms with Crippen molar-refractivity contribution in [2.75, 3.05) is 18.8 Å². The molecule has 3 N–H and O–H groups in total. The largest absolute Gasteiger partial charge is 0.397 e. The number of nitrogens with zero attached hydrogens (tertiary/aromatic N) is 2. The molecule has 0 saturated carbocycles. The molecule has 1 aliphatic heterocycles. The summed E-state index contributed by atoms with van der Waals surface area (Å²) < 4.78 is 0. The summed E-state index contributed by atoms with van der Waals surface area (Å²) in [5.74, 6) is 0.0000430. The average Bonchev–Trinajstić information content (AvgIpc) is 2.62. The van der Waals surface area contributed by atoms with E-state index in [0.717, 1.165) is 0 Å². The fourth-order valence-electron chi connectivity index (χ4n) is 1.97. The van der Waals surface area contributed by atoms with Crippen molar-refractivity contribution in [2.24, 2.45) is 0 Å². The highest BCUT2D eigenvalue weighted by atomic mass is 16.3. The molecule has 0 bridgehead atoms. The molecule has 0 aliphatic carbocycles. The number of nitrogens with two attached hydrogens (primary N) is 1. The summed E-state index contributed by atoms with van der Waals surface area (Å²) in [4.78, 5) is 17.7. The van der Waals surface area contributed by atoms with E-state index >= 15 is 0 Å². The van der Waals surface area contributed by atoms with Crippen molar-refractivity contribution in [1.29, 1.82) is 0 Å². The van der Waals surface area contributed by atoms with E-state index in [1.54, 1.807) is 30.2 Å². The molecule has 1 atom stereocenters. The Bertz CT molecular complexity index is 414. The molecule has 1 aliphatic rings. The predicted octanol–water partition coefficient (Wildman–Crippen LogP) is 0.190. The van der Waals surface area contributed by atoms with Crippen LogP contribution in [-0.2, 0) is 11.2 Å². The van der Waals surface area contributed by atoms with Crippen LogP contribution in [-0.4, -0.2) is 39.6 Å². The summed E-state index contributed by atoms with van der Waals surface area (Å²) in [5.41, 5.74) is 6.07. The minimum atomic E-state index is -0.746. The number of nitrogen functional groups attached to an aromatic ring is 1. The zero-order valence-electron chi connectivity index (χ0n) is 9.89. The van der Waals surface area contributed by atoms with Gasteiger partial charge < -0.3 is 15.7 Å². The first-order valence-corrected chi connectivity index (χ1v) is 5.67. The third-order valence-corrected chi connectivity index (χ3v) is 2.98. The van der Waals surface area contributed by atoms with Gasteiger partial charge in [-0.05, 0) is 25.5 Å². The SMILES string of the molecule is CC1(O)CCN(C(=O)Cc2ccc(N)cn2)C1. The molecule has 1 saturated heterocycles. The summed E-state index contributed by atoms with van der Waals surface area (Å²) in [6, 6.07) is 3.48. The summed E-state index contributed by atoms with van der Waals surface area (Å²) in [6.07, 6.45) is 2.44. The Balaban J connectivity index is 1.96. The van der Waals surface area contributed by atoms with Crippen molar-refractivity contribution >= 4 is 11.6 Å². The lowest BCUT2D eigenvalue weighted by Gasteiger charge is -2.18. The first-order chi connectivity index (χ1) is 7.96. The minimum absolute atomic E-state index is 0.0000430. The molecular weight excluding hydrogens is 218 g/mol. The van der Waals surface area contributed by atoms with E-state index in [1.807, 2.05) is 0 Å². The van der Waals surface area contributed by atoms with E-state index in [4.69, 9.17) is 5.73 Å². The van der Waals surface area contributed by atoms with E-state index in [2.05, 4.69) is 4.98 Å². The molecule has 1 aromatic rings. The lowest BCUT2D eigenvalue weighted by atomic mass is 10.1. The first kappa shape index (κ1) is 11.9. The number of hydrogen-bond acceptors (Lipinski definition) is 4. The van der Waals surface area contributed by atoms with Gasteiger partial charge in [0, 0.05) is 18.8 Å². The van der Waals surface area contributed by atoms with Crippen LogP contribution in [0.1, 0.15) is 19.0 Å². The van der Waals surface area contributed by atoms with Crippen LogP contribution >= 0.6 is 0 Å². The zero-order valence-corrected chi connectivity index (χ0v) is 9.89. The third-order valence-electron chi connectivity index (χ3n) is 2.98. The van der Waals surface area contributed by atoms with Crippen LogP contribution in [0.5, 0.6) is 0 Å². The van der Waals surface area contributed by atoms with Gasteiger partial charge in [-0.15, -0.1) is 0 Å². The molecule has 0 radical (unpaired) electrons. The number of β-amino-alcohol motifs (C(OH)–C–C–N with tert-alkyl or cyclic N) is 1. The van der Waals surface area contributed by atoms with Crippen LogP contribution < -0.4 is 5.73 Å². The second-order valence-corrected chi connectivity index (χ2v) is 4.82. The number of anilines is 1. The van der Waals surface area contributed by atoms with Crippen LogP contribution in [0.2, 0.25) is 0 Å². The van der Waals surface area contributed by atoms with Gasteiger partial charge in [0.25, 0.3) is 0 Å². The lowest BCUT2D eigenvalue weighted by Crippen LogP contribution is -2.34. The number of aliphatic hydroxyl groups is 1. The summed E-state index contributed by atoms with van der Waals surface area (Å²) in [7, 11) is 0. The quantitative estimate of drug-likeness (QED) is 0.767. The van der Waals surface area contributed by atoms with Gasteiger partial charge in [-0.1, -0.05) is 0 Å². The summed E-state index contributed by atoms with van der Waals surface area (Å²) in [6.45, 7) is 2.77. The average molecular weight is 235 g/mol. The molecule has 92 valence electrons. The molecule has 5 heteroatoms. The number of amides is 1. The standard InChI is InChI=1S/C12H17N3O2/c1-12(17)4-5-15(8-12)11(16)6-10-3-2-9(13)7-14-10/h2-3,7,17H,4-6,8,13H2,1H3. The molecule has 17 heavy (non-hydrogen) atoms. The fourth-order valence-corrected chi connectivity index (χ4v) is 1.97. The van der Waals surface area contributed by atoms with Crippen molar-refractivity contribution in [3.63, 3.8) is 0 Å². The second kappa shape index (κ2) is 4.33. The van der Waals surface area contributed by atoms with Gasteiger partial charge in [0.2, 0.25) is 5.91 Å². The topological polar surface area (TPSA) is 79.5 Å². The highest BCUT2D eigenvalue weighted by Crippen LogP contribution is 2.20. The Labute approximate surface area is 100 Å². The number of carbonyl (C=O) groups is 1. The molecular formula is C12H17N3O2. The number of hydrogen-bond donors (Lipinski definition) is 2. The number of likely N-dealkylation sites (tertiary alicyclic amines) is 1. The van der Waals surface area contributed by atoms with Crippen molar-refractivity contribution in [1.82, 2.24) is 9.88 Å². The first-order valence-electron chi connectivity index (χ1n) is 5.67. The second-order valence-electron chi connectivity index (χ2n) is 4.82. The number of pyridine rings is 1. The Kier molecular flexibility index (Phi) is 3.02. The van der Waals surface area contributed by atoms with Crippen LogP contribution in [0.15, 0.2) is 18.3 Å². The fraction of sp³-hybridized carbons (Fsp3) is 0.500. The molecule has 0 spiro atoms. The zero-order chi connectivity index (χ0) is 12.5. The maximum Gasteiger partial charge on any atom is 0.228 e. The van der Waals surface area contributed by atoms with E-state index in [1.165, 1.54) is 0 Å².